The zero-order chi connectivity index (χ0) is 19.2. The van der Waals surface area contributed by atoms with E-state index in [-0.39, 0.29) is 5.91 Å². The van der Waals surface area contributed by atoms with E-state index in [0.29, 0.717) is 26.3 Å². The van der Waals surface area contributed by atoms with Gasteiger partial charge in [-0.15, -0.1) is 0 Å². The molecular formula is C23H27NO3. The summed E-state index contributed by atoms with van der Waals surface area (Å²) in [6.07, 6.45) is 4.37. The van der Waals surface area contributed by atoms with Crippen molar-refractivity contribution >= 4 is 12.0 Å². The molecule has 1 heterocycles. The first-order valence-corrected chi connectivity index (χ1v) is 9.55. The molecule has 1 aliphatic heterocycles. The SMILES string of the molecule is CCOc1cc2c(cc1OCC)CN(C(=O)/C=C/c1cccc(C)c1)CC2. The Balaban J connectivity index is 1.74. The normalized spacial score (nSPS) is 13.5. The molecule has 1 aliphatic rings. The number of fused-ring (bicyclic) bond motifs is 1. The van der Waals surface area contributed by atoms with Crippen molar-refractivity contribution in [3.63, 3.8) is 0 Å². The molecule has 0 unspecified atom stereocenters. The summed E-state index contributed by atoms with van der Waals surface area (Å²) < 4.78 is 11.4. The van der Waals surface area contributed by atoms with Crippen LogP contribution in [0.5, 0.6) is 11.5 Å². The molecule has 0 aromatic heterocycles. The third-order valence-electron chi connectivity index (χ3n) is 4.65. The van der Waals surface area contributed by atoms with Gasteiger partial charge < -0.3 is 14.4 Å². The zero-order valence-corrected chi connectivity index (χ0v) is 16.3. The summed E-state index contributed by atoms with van der Waals surface area (Å²) in [4.78, 5) is 14.5. The number of hydrogen-bond donors (Lipinski definition) is 0. The van der Waals surface area contributed by atoms with Crippen LogP contribution in [0, 0.1) is 6.92 Å². The molecule has 2 aromatic rings. The van der Waals surface area contributed by atoms with E-state index in [4.69, 9.17) is 9.47 Å². The highest BCUT2D eigenvalue weighted by Gasteiger charge is 2.21. The molecule has 0 N–H and O–H groups in total. The maximum atomic E-state index is 12.6. The molecule has 142 valence electrons. The summed E-state index contributed by atoms with van der Waals surface area (Å²) in [5, 5.41) is 0. The van der Waals surface area contributed by atoms with E-state index in [0.717, 1.165) is 29.0 Å². The predicted molar refractivity (Wildman–Crippen MR) is 108 cm³/mol. The van der Waals surface area contributed by atoms with Gasteiger partial charge in [0.1, 0.15) is 0 Å². The number of benzene rings is 2. The molecule has 3 rings (SSSR count). The summed E-state index contributed by atoms with van der Waals surface area (Å²) in [5.41, 5.74) is 4.59. The Bertz CT molecular complexity index is 842. The summed E-state index contributed by atoms with van der Waals surface area (Å²) >= 11 is 0. The fraction of sp³-hybridized carbons (Fsp3) is 0.348. The molecule has 0 saturated carbocycles. The van der Waals surface area contributed by atoms with Gasteiger partial charge in [0.15, 0.2) is 11.5 Å². The van der Waals surface area contributed by atoms with Gasteiger partial charge in [-0.05, 0) is 62.1 Å². The minimum atomic E-state index is 0.0361. The molecule has 0 atom stereocenters. The van der Waals surface area contributed by atoms with Gasteiger partial charge in [0.05, 0.1) is 13.2 Å². The second-order valence-electron chi connectivity index (χ2n) is 6.69. The standard InChI is InChI=1S/C23H27NO3/c1-4-26-21-14-19-11-12-24(16-20(19)15-22(21)27-5-2)23(25)10-9-18-8-6-7-17(3)13-18/h6-10,13-15H,4-5,11-12,16H2,1-3H3/b10-9+. The Hall–Kier alpha value is -2.75. The van der Waals surface area contributed by atoms with E-state index in [1.807, 2.05) is 56.0 Å². The van der Waals surface area contributed by atoms with Crippen LogP contribution in [-0.2, 0) is 17.8 Å². The number of aryl methyl sites for hydroxylation is 1. The van der Waals surface area contributed by atoms with Crippen LogP contribution in [0.25, 0.3) is 6.08 Å². The summed E-state index contributed by atoms with van der Waals surface area (Å²) in [7, 11) is 0. The van der Waals surface area contributed by atoms with E-state index < -0.39 is 0 Å². The summed E-state index contributed by atoms with van der Waals surface area (Å²) in [6, 6.07) is 12.2. The lowest BCUT2D eigenvalue weighted by Gasteiger charge is -2.29. The van der Waals surface area contributed by atoms with Crippen molar-refractivity contribution < 1.29 is 14.3 Å². The Morgan fingerprint density at radius 1 is 1.07 bits per heavy atom. The highest BCUT2D eigenvalue weighted by Crippen LogP contribution is 2.34. The molecule has 1 amide bonds. The number of ether oxygens (including phenoxy) is 2. The molecular weight excluding hydrogens is 338 g/mol. The van der Waals surface area contributed by atoms with Gasteiger partial charge in [-0.2, -0.15) is 0 Å². The van der Waals surface area contributed by atoms with E-state index in [1.54, 1.807) is 6.08 Å². The smallest absolute Gasteiger partial charge is 0.246 e. The topological polar surface area (TPSA) is 38.8 Å². The van der Waals surface area contributed by atoms with Crippen LogP contribution in [0.15, 0.2) is 42.5 Å². The van der Waals surface area contributed by atoms with E-state index >= 15 is 0 Å². The third-order valence-corrected chi connectivity index (χ3v) is 4.65. The minimum Gasteiger partial charge on any atom is -0.490 e. The van der Waals surface area contributed by atoms with Crippen LogP contribution in [-0.4, -0.2) is 30.6 Å². The fourth-order valence-corrected chi connectivity index (χ4v) is 3.34. The molecule has 4 nitrogen and oxygen atoms in total. The zero-order valence-electron chi connectivity index (χ0n) is 16.3. The Kier molecular flexibility index (Phi) is 6.17. The highest BCUT2D eigenvalue weighted by atomic mass is 16.5. The van der Waals surface area contributed by atoms with Crippen molar-refractivity contribution in [2.75, 3.05) is 19.8 Å². The van der Waals surface area contributed by atoms with Gasteiger partial charge in [-0.3, -0.25) is 4.79 Å². The monoisotopic (exact) mass is 365 g/mol. The molecule has 0 aliphatic carbocycles. The van der Waals surface area contributed by atoms with Crippen LogP contribution in [0.4, 0.5) is 0 Å². The highest BCUT2D eigenvalue weighted by molar-refractivity contribution is 5.92. The third kappa shape index (κ3) is 4.70. The first-order chi connectivity index (χ1) is 13.1. The Morgan fingerprint density at radius 3 is 2.44 bits per heavy atom. The lowest BCUT2D eigenvalue weighted by atomic mass is 9.98. The number of carbonyl (C=O) groups is 1. The van der Waals surface area contributed by atoms with Crippen LogP contribution < -0.4 is 9.47 Å². The fourth-order valence-electron chi connectivity index (χ4n) is 3.34. The van der Waals surface area contributed by atoms with Crippen molar-refractivity contribution in [2.24, 2.45) is 0 Å². The molecule has 0 fully saturated rings. The number of rotatable bonds is 6. The maximum Gasteiger partial charge on any atom is 0.246 e. The molecule has 2 aromatic carbocycles. The van der Waals surface area contributed by atoms with Gasteiger partial charge >= 0.3 is 0 Å². The van der Waals surface area contributed by atoms with Crippen LogP contribution >= 0.6 is 0 Å². The molecule has 0 spiro atoms. The average Bonchev–Trinajstić information content (AvgIpc) is 2.66. The van der Waals surface area contributed by atoms with E-state index in [2.05, 4.69) is 12.1 Å². The molecule has 0 bridgehead atoms. The first-order valence-electron chi connectivity index (χ1n) is 9.55. The number of amides is 1. The summed E-state index contributed by atoms with van der Waals surface area (Å²) in [6.45, 7) is 8.47. The van der Waals surface area contributed by atoms with Gasteiger partial charge in [0, 0.05) is 19.2 Å². The van der Waals surface area contributed by atoms with Crippen molar-refractivity contribution in [1.82, 2.24) is 4.90 Å². The largest absolute Gasteiger partial charge is 0.490 e. The van der Waals surface area contributed by atoms with Crippen molar-refractivity contribution in [3.05, 3.63) is 64.7 Å². The lowest BCUT2D eigenvalue weighted by molar-refractivity contribution is -0.126. The summed E-state index contributed by atoms with van der Waals surface area (Å²) in [5.74, 6) is 1.58. The van der Waals surface area contributed by atoms with Crippen molar-refractivity contribution in [2.45, 2.75) is 33.7 Å². The molecule has 0 saturated heterocycles. The first kappa shape index (κ1) is 19.0. The van der Waals surface area contributed by atoms with Crippen molar-refractivity contribution in [1.29, 1.82) is 0 Å². The van der Waals surface area contributed by atoms with Gasteiger partial charge in [0.2, 0.25) is 5.91 Å². The van der Waals surface area contributed by atoms with Crippen LogP contribution in [0.1, 0.15) is 36.1 Å². The predicted octanol–water partition coefficient (Wildman–Crippen LogP) is 4.39. The number of carbonyl (C=O) groups excluding carboxylic acids is 1. The second kappa shape index (κ2) is 8.76. The van der Waals surface area contributed by atoms with E-state index in [1.165, 1.54) is 11.1 Å². The Morgan fingerprint density at radius 2 is 1.78 bits per heavy atom. The quantitative estimate of drug-likeness (QED) is 0.713. The molecule has 27 heavy (non-hydrogen) atoms. The molecule has 4 heteroatoms. The van der Waals surface area contributed by atoms with Gasteiger partial charge in [0.25, 0.3) is 0 Å². The van der Waals surface area contributed by atoms with Crippen LogP contribution in [0.3, 0.4) is 0 Å². The van der Waals surface area contributed by atoms with Gasteiger partial charge in [-0.1, -0.05) is 29.8 Å². The van der Waals surface area contributed by atoms with E-state index in [9.17, 15) is 4.79 Å². The lowest BCUT2D eigenvalue weighted by Crippen LogP contribution is -2.34. The molecule has 0 radical (unpaired) electrons. The van der Waals surface area contributed by atoms with Gasteiger partial charge in [-0.25, -0.2) is 0 Å². The average molecular weight is 365 g/mol. The van der Waals surface area contributed by atoms with Crippen molar-refractivity contribution in [3.8, 4) is 11.5 Å². The minimum absolute atomic E-state index is 0.0361. The Labute approximate surface area is 161 Å². The number of nitrogens with zero attached hydrogens (tertiary/aromatic N) is 1. The maximum absolute atomic E-state index is 12.6. The van der Waals surface area contributed by atoms with Crippen LogP contribution in [0.2, 0.25) is 0 Å². The number of hydrogen-bond acceptors (Lipinski definition) is 3. The second-order valence-corrected chi connectivity index (χ2v) is 6.69.